The molecule has 0 radical (unpaired) electrons. The first-order valence-corrected chi connectivity index (χ1v) is 6.10. The van der Waals surface area contributed by atoms with Gasteiger partial charge in [-0.25, -0.2) is 0 Å². The summed E-state index contributed by atoms with van der Waals surface area (Å²) >= 11 is 0. The number of hydrogen-bond acceptors (Lipinski definition) is 3. The van der Waals surface area contributed by atoms with Gasteiger partial charge in [-0.2, -0.15) is 0 Å². The maximum atomic E-state index is 11.8. The van der Waals surface area contributed by atoms with E-state index in [1.807, 2.05) is 0 Å². The van der Waals surface area contributed by atoms with Crippen LogP contribution < -0.4 is 11.1 Å². The molecule has 17 heavy (non-hydrogen) atoms. The predicted molar refractivity (Wildman–Crippen MR) is 63.5 cm³/mol. The molecule has 2 aliphatic heterocycles. The van der Waals surface area contributed by atoms with E-state index in [9.17, 15) is 4.79 Å². The number of nitrogen functional groups attached to an aromatic ring is 1. The number of carbonyl (C=O) groups is 1. The van der Waals surface area contributed by atoms with E-state index in [1.54, 1.807) is 12.3 Å². The van der Waals surface area contributed by atoms with E-state index < -0.39 is 0 Å². The summed E-state index contributed by atoms with van der Waals surface area (Å²) in [6, 6.07) is 1.65. The van der Waals surface area contributed by atoms with E-state index in [4.69, 9.17) is 10.5 Å². The van der Waals surface area contributed by atoms with Crippen molar-refractivity contribution < 1.29 is 9.53 Å². The summed E-state index contributed by atoms with van der Waals surface area (Å²) < 4.78 is 5.75. The normalized spacial score (nSPS) is 30.7. The van der Waals surface area contributed by atoms with Crippen LogP contribution in [0.1, 0.15) is 29.8 Å². The zero-order chi connectivity index (χ0) is 11.8. The molecule has 2 bridgehead atoms. The average Bonchev–Trinajstić information content (AvgIpc) is 3.01. The van der Waals surface area contributed by atoms with Crippen molar-refractivity contribution in [3.05, 3.63) is 18.0 Å². The maximum absolute atomic E-state index is 11.8. The van der Waals surface area contributed by atoms with Gasteiger partial charge >= 0.3 is 0 Å². The van der Waals surface area contributed by atoms with Crippen LogP contribution in [0.25, 0.3) is 0 Å². The van der Waals surface area contributed by atoms with Crippen LogP contribution in [0.4, 0.5) is 5.69 Å². The van der Waals surface area contributed by atoms with Gasteiger partial charge in [-0.1, -0.05) is 0 Å². The van der Waals surface area contributed by atoms with E-state index in [0.29, 0.717) is 36.1 Å². The van der Waals surface area contributed by atoms with E-state index in [2.05, 4.69) is 10.3 Å². The maximum Gasteiger partial charge on any atom is 0.267 e. The van der Waals surface area contributed by atoms with Gasteiger partial charge in [0.1, 0.15) is 5.69 Å². The summed E-state index contributed by atoms with van der Waals surface area (Å²) in [6.45, 7) is 0.693. The highest BCUT2D eigenvalue weighted by atomic mass is 16.5. The van der Waals surface area contributed by atoms with Crippen LogP contribution >= 0.6 is 0 Å². The van der Waals surface area contributed by atoms with Crippen molar-refractivity contribution >= 4 is 11.6 Å². The summed E-state index contributed by atoms with van der Waals surface area (Å²) in [5.41, 5.74) is 6.65. The third kappa shape index (κ3) is 2.02. The van der Waals surface area contributed by atoms with Crippen molar-refractivity contribution in [2.45, 2.75) is 31.5 Å². The van der Waals surface area contributed by atoms with Gasteiger partial charge in [0.05, 0.1) is 12.2 Å². The molecule has 0 saturated carbocycles. The van der Waals surface area contributed by atoms with Gasteiger partial charge in [-0.15, -0.1) is 0 Å². The molecule has 2 saturated heterocycles. The Morgan fingerprint density at radius 3 is 3.06 bits per heavy atom. The van der Waals surface area contributed by atoms with Gasteiger partial charge in [0.15, 0.2) is 0 Å². The molecule has 5 nitrogen and oxygen atoms in total. The summed E-state index contributed by atoms with van der Waals surface area (Å²) in [5.74, 6) is 0.384. The molecule has 1 aromatic heterocycles. The first kappa shape index (κ1) is 10.7. The molecular weight excluding hydrogens is 218 g/mol. The van der Waals surface area contributed by atoms with Crippen molar-refractivity contribution in [3.8, 4) is 0 Å². The molecule has 2 aliphatic rings. The molecule has 2 fully saturated rings. The molecule has 3 rings (SSSR count). The van der Waals surface area contributed by atoms with E-state index in [-0.39, 0.29) is 5.91 Å². The van der Waals surface area contributed by atoms with Crippen molar-refractivity contribution in [2.75, 3.05) is 12.3 Å². The summed E-state index contributed by atoms with van der Waals surface area (Å²) in [7, 11) is 0. The van der Waals surface area contributed by atoms with Crippen molar-refractivity contribution in [1.29, 1.82) is 0 Å². The number of anilines is 1. The number of rotatable bonds is 3. The quantitative estimate of drug-likeness (QED) is 0.728. The highest BCUT2D eigenvalue weighted by Gasteiger charge is 2.40. The molecule has 0 spiro atoms. The topological polar surface area (TPSA) is 80.1 Å². The first-order valence-electron chi connectivity index (χ1n) is 6.10. The molecule has 4 N–H and O–H groups in total. The molecule has 3 unspecified atom stereocenters. The second-order valence-electron chi connectivity index (χ2n) is 4.93. The Hall–Kier alpha value is -1.49. The molecule has 3 heterocycles. The Kier molecular flexibility index (Phi) is 2.55. The van der Waals surface area contributed by atoms with E-state index in [1.165, 1.54) is 6.42 Å². The Bertz CT molecular complexity index is 429. The summed E-state index contributed by atoms with van der Waals surface area (Å²) in [6.07, 6.45) is 5.81. The molecular formula is C12H17N3O2. The molecule has 5 heteroatoms. The van der Waals surface area contributed by atoms with Crippen LogP contribution in [0.2, 0.25) is 0 Å². The highest BCUT2D eigenvalue weighted by Crippen LogP contribution is 2.38. The van der Waals surface area contributed by atoms with Gasteiger partial charge in [-0.3, -0.25) is 4.79 Å². The minimum atomic E-state index is -0.0931. The van der Waals surface area contributed by atoms with Gasteiger partial charge < -0.3 is 20.8 Å². The Morgan fingerprint density at radius 2 is 2.47 bits per heavy atom. The second kappa shape index (κ2) is 4.07. The smallest absolute Gasteiger partial charge is 0.267 e. The van der Waals surface area contributed by atoms with E-state index in [0.717, 1.165) is 12.8 Å². The van der Waals surface area contributed by atoms with Gasteiger partial charge in [0, 0.05) is 24.3 Å². The van der Waals surface area contributed by atoms with Crippen LogP contribution in [0.3, 0.4) is 0 Å². The minimum absolute atomic E-state index is 0.0931. The number of aromatic nitrogens is 1. The number of fused-ring (bicyclic) bond motifs is 2. The molecule has 3 atom stereocenters. The van der Waals surface area contributed by atoms with Gasteiger partial charge in [0.25, 0.3) is 5.91 Å². The monoisotopic (exact) mass is 235 g/mol. The van der Waals surface area contributed by atoms with Crippen molar-refractivity contribution in [1.82, 2.24) is 10.3 Å². The van der Waals surface area contributed by atoms with Crippen molar-refractivity contribution in [2.24, 2.45) is 5.92 Å². The lowest BCUT2D eigenvalue weighted by Gasteiger charge is -2.18. The standard InChI is InChI=1S/C12H17N3O2/c13-8-4-10(14-6-8)12(16)15-5-7-3-9-1-2-11(7)17-9/h4,6-7,9,11,14H,1-3,5,13H2,(H,15,16). The third-order valence-corrected chi connectivity index (χ3v) is 3.71. The number of carbonyl (C=O) groups excluding carboxylic acids is 1. The zero-order valence-corrected chi connectivity index (χ0v) is 9.61. The number of hydrogen-bond donors (Lipinski definition) is 3. The SMILES string of the molecule is Nc1c[nH]c(C(=O)NCC2CC3CCC2O3)c1. The van der Waals surface area contributed by atoms with Crippen molar-refractivity contribution in [3.63, 3.8) is 0 Å². The lowest BCUT2D eigenvalue weighted by Crippen LogP contribution is -2.33. The summed E-state index contributed by atoms with van der Waals surface area (Å²) in [5, 5.41) is 2.93. The average molecular weight is 235 g/mol. The number of aromatic amines is 1. The molecule has 0 aromatic carbocycles. The number of amides is 1. The van der Waals surface area contributed by atoms with Gasteiger partial charge in [0.2, 0.25) is 0 Å². The van der Waals surface area contributed by atoms with Crippen LogP contribution in [0, 0.1) is 5.92 Å². The molecule has 1 amide bonds. The van der Waals surface area contributed by atoms with E-state index >= 15 is 0 Å². The Balaban J connectivity index is 1.53. The second-order valence-corrected chi connectivity index (χ2v) is 4.93. The lowest BCUT2D eigenvalue weighted by atomic mass is 9.89. The fourth-order valence-corrected chi connectivity index (χ4v) is 2.82. The lowest BCUT2D eigenvalue weighted by molar-refractivity contribution is 0.0871. The number of ether oxygens (including phenoxy) is 1. The first-order chi connectivity index (χ1) is 8.22. The van der Waals surface area contributed by atoms with Crippen LogP contribution in [-0.4, -0.2) is 29.6 Å². The van der Waals surface area contributed by atoms with Crippen LogP contribution in [-0.2, 0) is 4.74 Å². The third-order valence-electron chi connectivity index (χ3n) is 3.71. The molecule has 1 aromatic rings. The predicted octanol–water partition coefficient (Wildman–Crippen LogP) is 0.894. The van der Waals surface area contributed by atoms with Crippen LogP contribution in [0.15, 0.2) is 12.3 Å². The fourth-order valence-electron chi connectivity index (χ4n) is 2.82. The summed E-state index contributed by atoms with van der Waals surface area (Å²) in [4.78, 5) is 14.6. The van der Waals surface area contributed by atoms with Crippen LogP contribution in [0.5, 0.6) is 0 Å². The highest BCUT2D eigenvalue weighted by molar-refractivity contribution is 5.93. The number of nitrogens with one attached hydrogen (secondary N) is 2. The largest absolute Gasteiger partial charge is 0.397 e. The zero-order valence-electron chi connectivity index (χ0n) is 9.61. The minimum Gasteiger partial charge on any atom is -0.397 e. The number of nitrogens with two attached hydrogens (primary N) is 1. The Morgan fingerprint density at radius 1 is 1.59 bits per heavy atom. The molecule has 92 valence electrons. The Labute approximate surface area is 99.7 Å². The van der Waals surface area contributed by atoms with Gasteiger partial charge in [-0.05, 0) is 25.3 Å². The molecule has 0 aliphatic carbocycles. The fraction of sp³-hybridized carbons (Fsp3) is 0.583. The number of H-pyrrole nitrogens is 1.